The number of fused-ring (bicyclic) bond motifs is 1. The normalized spacial score (nSPS) is 12.8. The van der Waals surface area contributed by atoms with E-state index >= 15 is 0 Å². The molecule has 0 aliphatic heterocycles. The summed E-state index contributed by atoms with van der Waals surface area (Å²) in [5.74, 6) is 0.209. The van der Waals surface area contributed by atoms with Gasteiger partial charge in [-0.25, -0.2) is 4.98 Å². The van der Waals surface area contributed by atoms with Gasteiger partial charge in [-0.2, -0.15) is 5.10 Å². The lowest BCUT2D eigenvalue weighted by Gasteiger charge is -2.17. The van der Waals surface area contributed by atoms with Crippen LogP contribution in [-0.2, 0) is 13.5 Å². The number of rotatable bonds is 4. The molecule has 2 N–H and O–H groups in total. The first-order valence-corrected chi connectivity index (χ1v) is 7.33. The van der Waals surface area contributed by atoms with Gasteiger partial charge in [0.15, 0.2) is 0 Å². The minimum absolute atomic E-state index is 0.209. The van der Waals surface area contributed by atoms with E-state index in [1.165, 1.54) is 16.5 Å². The fourth-order valence-electron chi connectivity index (χ4n) is 3.13. The molecule has 3 aromatic heterocycles. The Kier molecular flexibility index (Phi) is 3.04. The highest BCUT2D eigenvalue weighted by Gasteiger charge is 2.20. The second kappa shape index (κ2) is 5.18. The zero-order valence-electron chi connectivity index (χ0n) is 12.3. The molecule has 5 heteroatoms. The lowest BCUT2D eigenvalue weighted by atomic mass is 9.90. The molecule has 0 saturated carbocycles. The Morgan fingerprint density at radius 3 is 2.95 bits per heavy atom. The molecule has 1 unspecified atom stereocenters. The first kappa shape index (κ1) is 12.9. The van der Waals surface area contributed by atoms with Gasteiger partial charge < -0.3 is 9.55 Å². The summed E-state index contributed by atoms with van der Waals surface area (Å²) < 4.78 is 2.18. The van der Waals surface area contributed by atoms with Gasteiger partial charge >= 0.3 is 0 Å². The molecule has 1 atom stereocenters. The summed E-state index contributed by atoms with van der Waals surface area (Å²) in [5.41, 5.74) is 4.79. The highest BCUT2D eigenvalue weighted by molar-refractivity contribution is 5.84. The SMILES string of the molecule is Cn1ccc2cccc(C(Cc3ccn[nH]3)c3cnc[nH]3)c21. The predicted molar refractivity (Wildman–Crippen MR) is 85.6 cm³/mol. The third kappa shape index (κ3) is 2.11. The lowest BCUT2D eigenvalue weighted by molar-refractivity contribution is 0.756. The Morgan fingerprint density at radius 2 is 2.18 bits per heavy atom. The van der Waals surface area contributed by atoms with Crippen LogP contribution in [0.2, 0.25) is 0 Å². The molecule has 0 spiro atoms. The summed E-state index contributed by atoms with van der Waals surface area (Å²) in [6.45, 7) is 0. The number of hydrogen-bond acceptors (Lipinski definition) is 2. The van der Waals surface area contributed by atoms with Gasteiger partial charge in [-0.1, -0.05) is 18.2 Å². The first-order chi connectivity index (χ1) is 10.8. The molecule has 0 bridgehead atoms. The van der Waals surface area contributed by atoms with E-state index in [1.54, 1.807) is 12.5 Å². The number of benzene rings is 1. The van der Waals surface area contributed by atoms with E-state index in [-0.39, 0.29) is 5.92 Å². The summed E-state index contributed by atoms with van der Waals surface area (Å²) >= 11 is 0. The van der Waals surface area contributed by atoms with Crippen molar-refractivity contribution < 1.29 is 0 Å². The number of nitrogens with one attached hydrogen (secondary N) is 2. The number of hydrogen-bond donors (Lipinski definition) is 2. The van der Waals surface area contributed by atoms with Crippen molar-refractivity contribution >= 4 is 10.9 Å². The average molecular weight is 291 g/mol. The number of aromatic amines is 2. The molecular formula is C17H17N5. The maximum atomic E-state index is 4.20. The van der Waals surface area contributed by atoms with Crippen molar-refractivity contribution in [1.29, 1.82) is 0 Å². The van der Waals surface area contributed by atoms with Crippen LogP contribution in [0.3, 0.4) is 0 Å². The number of para-hydroxylation sites is 1. The van der Waals surface area contributed by atoms with Crippen molar-refractivity contribution in [3.05, 3.63) is 72.2 Å². The van der Waals surface area contributed by atoms with Crippen LogP contribution < -0.4 is 0 Å². The van der Waals surface area contributed by atoms with Crippen LogP contribution in [0, 0.1) is 0 Å². The Morgan fingerprint density at radius 1 is 1.23 bits per heavy atom. The van der Waals surface area contributed by atoms with Crippen LogP contribution in [0.15, 0.2) is 55.2 Å². The second-order valence-corrected chi connectivity index (χ2v) is 5.56. The van der Waals surface area contributed by atoms with Gasteiger partial charge in [0.05, 0.1) is 11.8 Å². The van der Waals surface area contributed by atoms with Gasteiger partial charge in [-0.3, -0.25) is 5.10 Å². The van der Waals surface area contributed by atoms with Gasteiger partial charge in [0, 0.05) is 49.4 Å². The fourth-order valence-corrected chi connectivity index (χ4v) is 3.13. The molecule has 3 heterocycles. The smallest absolute Gasteiger partial charge is 0.0921 e. The van der Waals surface area contributed by atoms with Gasteiger partial charge in [-0.15, -0.1) is 0 Å². The van der Waals surface area contributed by atoms with Crippen LogP contribution >= 0.6 is 0 Å². The summed E-state index contributed by atoms with van der Waals surface area (Å²) in [4.78, 5) is 7.47. The predicted octanol–water partition coefficient (Wildman–Crippen LogP) is 3.00. The molecule has 0 fully saturated rings. The second-order valence-electron chi connectivity index (χ2n) is 5.56. The Labute approximate surface area is 128 Å². The fraction of sp³-hybridized carbons (Fsp3) is 0.176. The Hall–Kier alpha value is -2.82. The van der Waals surface area contributed by atoms with Crippen LogP contribution in [-0.4, -0.2) is 24.7 Å². The Bertz CT molecular complexity index is 871. The molecule has 0 aliphatic rings. The molecule has 0 saturated heterocycles. The maximum Gasteiger partial charge on any atom is 0.0921 e. The number of H-pyrrole nitrogens is 2. The van der Waals surface area contributed by atoms with Crippen molar-refractivity contribution in [3.8, 4) is 0 Å². The highest BCUT2D eigenvalue weighted by atomic mass is 15.1. The molecule has 0 amide bonds. The van der Waals surface area contributed by atoms with Gasteiger partial charge in [0.25, 0.3) is 0 Å². The van der Waals surface area contributed by atoms with Crippen molar-refractivity contribution in [2.24, 2.45) is 7.05 Å². The molecule has 4 rings (SSSR count). The Balaban J connectivity index is 1.87. The van der Waals surface area contributed by atoms with E-state index < -0.39 is 0 Å². The maximum absolute atomic E-state index is 4.20. The van der Waals surface area contributed by atoms with E-state index in [4.69, 9.17) is 0 Å². The minimum atomic E-state index is 0.209. The monoisotopic (exact) mass is 291 g/mol. The number of aryl methyl sites for hydroxylation is 1. The summed E-state index contributed by atoms with van der Waals surface area (Å²) in [6.07, 6.45) is 8.40. The zero-order valence-corrected chi connectivity index (χ0v) is 12.3. The third-order valence-electron chi connectivity index (χ3n) is 4.18. The average Bonchev–Trinajstić information content (AvgIpc) is 3.27. The molecular weight excluding hydrogens is 274 g/mol. The summed E-state index contributed by atoms with van der Waals surface area (Å²) in [6, 6.07) is 10.6. The van der Waals surface area contributed by atoms with E-state index in [1.807, 2.05) is 12.3 Å². The van der Waals surface area contributed by atoms with Crippen LogP contribution in [0.5, 0.6) is 0 Å². The van der Waals surface area contributed by atoms with E-state index in [9.17, 15) is 0 Å². The standard InChI is InChI=1S/C17H17N5/c1-22-8-6-12-3-2-4-14(17(12)22)15(16-10-18-11-19-16)9-13-5-7-20-21-13/h2-8,10-11,15H,9H2,1H3,(H,18,19)(H,20,21). The minimum Gasteiger partial charge on any atom is -0.350 e. The quantitative estimate of drug-likeness (QED) is 0.607. The van der Waals surface area contributed by atoms with E-state index in [0.29, 0.717) is 0 Å². The number of imidazole rings is 1. The van der Waals surface area contributed by atoms with E-state index in [2.05, 4.69) is 62.2 Å². The van der Waals surface area contributed by atoms with Crippen molar-refractivity contribution in [3.63, 3.8) is 0 Å². The zero-order chi connectivity index (χ0) is 14.9. The topological polar surface area (TPSA) is 62.3 Å². The molecule has 5 nitrogen and oxygen atoms in total. The van der Waals surface area contributed by atoms with Crippen molar-refractivity contribution in [1.82, 2.24) is 24.7 Å². The highest BCUT2D eigenvalue weighted by Crippen LogP contribution is 2.32. The van der Waals surface area contributed by atoms with Gasteiger partial charge in [0.2, 0.25) is 0 Å². The van der Waals surface area contributed by atoms with Crippen molar-refractivity contribution in [2.75, 3.05) is 0 Å². The third-order valence-corrected chi connectivity index (χ3v) is 4.18. The molecule has 0 radical (unpaired) electrons. The molecule has 22 heavy (non-hydrogen) atoms. The molecule has 1 aromatic carbocycles. The summed E-state index contributed by atoms with van der Waals surface area (Å²) in [5, 5.41) is 8.39. The van der Waals surface area contributed by atoms with Crippen LogP contribution in [0.1, 0.15) is 22.9 Å². The lowest BCUT2D eigenvalue weighted by Crippen LogP contribution is -2.08. The molecule has 4 aromatic rings. The molecule has 110 valence electrons. The van der Waals surface area contributed by atoms with Crippen LogP contribution in [0.25, 0.3) is 10.9 Å². The largest absolute Gasteiger partial charge is 0.350 e. The number of nitrogens with zero attached hydrogens (tertiary/aromatic N) is 3. The van der Waals surface area contributed by atoms with Crippen LogP contribution in [0.4, 0.5) is 0 Å². The first-order valence-electron chi connectivity index (χ1n) is 7.33. The van der Waals surface area contributed by atoms with E-state index in [0.717, 1.165) is 17.8 Å². The number of aromatic nitrogens is 5. The van der Waals surface area contributed by atoms with Gasteiger partial charge in [0.1, 0.15) is 0 Å². The van der Waals surface area contributed by atoms with Crippen molar-refractivity contribution in [2.45, 2.75) is 12.3 Å². The summed E-state index contributed by atoms with van der Waals surface area (Å²) in [7, 11) is 2.09. The van der Waals surface area contributed by atoms with Gasteiger partial charge in [-0.05, 0) is 23.1 Å². The molecule has 0 aliphatic carbocycles.